The molecule has 1 fully saturated rings. The molecule has 5 heteroatoms. The van der Waals surface area contributed by atoms with Crippen molar-refractivity contribution in [1.82, 2.24) is 19.9 Å². The van der Waals surface area contributed by atoms with Crippen LogP contribution in [0.1, 0.15) is 30.0 Å². The summed E-state index contributed by atoms with van der Waals surface area (Å²) >= 11 is 0. The zero-order chi connectivity index (χ0) is 17.9. The second kappa shape index (κ2) is 7.46. The van der Waals surface area contributed by atoms with Crippen LogP contribution in [-0.4, -0.2) is 46.0 Å². The van der Waals surface area contributed by atoms with E-state index in [4.69, 9.17) is 0 Å². The van der Waals surface area contributed by atoms with Crippen molar-refractivity contribution in [3.63, 3.8) is 0 Å². The van der Waals surface area contributed by atoms with Crippen molar-refractivity contribution < 1.29 is 0 Å². The number of hydrogen-bond acceptors (Lipinski definition) is 4. The van der Waals surface area contributed by atoms with Crippen molar-refractivity contribution in [1.29, 1.82) is 0 Å². The monoisotopic (exact) mass is 349 g/mol. The molecule has 1 aromatic carbocycles. The van der Waals surface area contributed by atoms with Gasteiger partial charge in [0, 0.05) is 62.2 Å². The highest BCUT2D eigenvalue weighted by Gasteiger charge is 2.20. The number of anilines is 1. The van der Waals surface area contributed by atoms with Crippen molar-refractivity contribution in [3.05, 3.63) is 53.5 Å². The van der Waals surface area contributed by atoms with Crippen molar-refractivity contribution in [3.8, 4) is 0 Å². The summed E-state index contributed by atoms with van der Waals surface area (Å²) in [5.41, 5.74) is 5.19. The second-order valence-electron chi connectivity index (χ2n) is 7.22. The van der Waals surface area contributed by atoms with Gasteiger partial charge in [-0.3, -0.25) is 4.90 Å². The van der Waals surface area contributed by atoms with Gasteiger partial charge in [0.25, 0.3) is 0 Å². The van der Waals surface area contributed by atoms with E-state index in [0.29, 0.717) is 0 Å². The lowest BCUT2D eigenvalue weighted by Gasteiger charge is -2.34. The Labute approximate surface area is 155 Å². The van der Waals surface area contributed by atoms with Crippen LogP contribution >= 0.6 is 0 Å². The number of para-hydroxylation sites is 1. The summed E-state index contributed by atoms with van der Waals surface area (Å²) in [6, 6.07) is 6.52. The average Bonchev–Trinajstić information content (AvgIpc) is 3.08. The molecule has 26 heavy (non-hydrogen) atoms. The van der Waals surface area contributed by atoms with Crippen LogP contribution in [0.3, 0.4) is 0 Å². The van der Waals surface area contributed by atoms with E-state index in [-0.39, 0.29) is 0 Å². The lowest BCUT2D eigenvalue weighted by atomic mass is 10.1. The SMILES string of the molecule is CCCc1cnc(N2CCN(Cc3c[nH]c4c(C)cccc34)CC2)nc1. The molecule has 0 aliphatic carbocycles. The summed E-state index contributed by atoms with van der Waals surface area (Å²) in [6.45, 7) is 9.38. The van der Waals surface area contributed by atoms with E-state index in [2.05, 4.69) is 63.0 Å². The predicted molar refractivity (Wildman–Crippen MR) is 107 cm³/mol. The normalized spacial score (nSPS) is 15.7. The lowest BCUT2D eigenvalue weighted by Crippen LogP contribution is -2.46. The number of hydrogen-bond donors (Lipinski definition) is 1. The van der Waals surface area contributed by atoms with Crippen molar-refractivity contribution in [2.24, 2.45) is 0 Å². The molecule has 0 saturated carbocycles. The average molecular weight is 349 g/mol. The predicted octanol–water partition coefficient (Wildman–Crippen LogP) is 3.54. The second-order valence-corrected chi connectivity index (χ2v) is 7.22. The molecule has 2 aromatic heterocycles. The molecular weight excluding hydrogens is 322 g/mol. The molecule has 0 amide bonds. The van der Waals surface area contributed by atoms with E-state index in [1.54, 1.807) is 0 Å². The van der Waals surface area contributed by atoms with Crippen LogP contribution in [0.5, 0.6) is 0 Å². The minimum Gasteiger partial charge on any atom is -0.361 e. The third-order valence-electron chi connectivity index (χ3n) is 5.29. The Morgan fingerprint density at radius 2 is 1.85 bits per heavy atom. The van der Waals surface area contributed by atoms with Crippen LogP contribution in [-0.2, 0) is 13.0 Å². The van der Waals surface area contributed by atoms with Crippen molar-refractivity contribution >= 4 is 16.9 Å². The molecule has 1 aliphatic rings. The van der Waals surface area contributed by atoms with Gasteiger partial charge in [-0.2, -0.15) is 0 Å². The van der Waals surface area contributed by atoms with Gasteiger partial charge < -0.3 is 9.88 Å². The zero-order valence-corrected chi connectivity index (χ0v) is 15.7. The number of rotatable bonds is 5. The highest BCUT2D eigenvalue weighted by Crippen LogP contribution is 2.23. The molecule has 1 saturated heterocycles. The number of aromatic nitrogens is 3. The summed E-state index contributed by atoms with van der Waals surface area (Å²) in [5, 5.41) is 1.35. The number of benzene rings is 1. The maximum Gasteiger partial charge on any atom is 0.225 e. The van der Waals surface area contributed by atoms with Gasteiger partial charge in [0.1, 0.15) is 0 Å². The fourth-order valence-corrected chi connectivity index (χ4v) is 3.77. The topological polar surface area (TPSA) is 48.1 Å². The van der Waals surface area contributed by atoms with Crippen molar-refractivity contribution in [2.45, 2.75) is 33.2 Å². The Morgan fingerprint density at radius 1 is 1.08 bits per heavy atom. The summed E-state index contributed by atoms with van der Waals surface area (Å²) in [4.78, 5) is 17.4. The first kappa shape index (κ1) is 17.0. The van der Waals surface area contributed by atoms with Gasteiger partial charge in [0.05, 0.1) is 0 Å². The fraction of sp³-hybridized carbons (Fsp3) is 0.429. The van der Waals surface area contributed by atoms with Gasteiger partial charge in [-0.05, 0) is 30.0 Å². The standard InChI is InChI=1S/C21H27N5/c1-3-5-17-12-23-21(24-13-17)26-10-8-25(9-11-26)15-18-14-22-20-16(2)6-4-7-19(18)20/h4,6-7,12-14,22H,3,5,8-11,15H2,1-2H3. The zero-order valence-electron chi connectivity index (χ0n) is 15.7. The molecule has 0 bridgehead atoms. The summed E-state index contributed by atoms with van der Waals surface area (Å²) < 4.78 is 0. The lowest BCUT2D eigenvalue weighted by molar-refractivity contribution is 0.249. The molecule has 0 unspecified atom stereocenters. The Bertz CT molecular complexity index is 860. The van der Waals surface area contributed by atoms with Crippen LogP contribution in [0.25, 0.3) is 10.9 Å². The first-order chi connectivity index (χ1) is 12.7. The molecule has 4 rings (SSSR count). The number of aromatic amines is 1. The molecule has 5 nitrogen and oxygen atoms in total. The van der Waals surface area contributed by atoms with E-state index in [1.807, 2.05) is 12.4 Å². The molecule has 1 N–H and O–H groups in total. The first-order valence-electron chi connectivity index (χ1n) is 9.58. The number of aryl methyl sites for hydroxylation is 2. The van der Waals surface area contributed by atoms with Crippen LogP contribution in [0.4, 0.5) is 5.95 Å². The van der Waals surface area contributed by atoms with Crippen molar-refractivity contribution in [2.75, 3.05) is 31.1 Å². The molecule has 0 spiro atoms. The molecule has 3 heterocycles. The molecule has 0 atom stereocenters. The number of H-pyrrole nitrogens is 1. The van der Waals surface area contributed by atoms with Crippen LogP contribution in [0.2, 0.25) is 0 Å². The highest BCUT2D eigenvalue weighted by atomic mass is 15.3. The summed E-state index contributed by atoms with van der Waals surface area (Å²) in [6.07, 6.45) is 8.31. The molecule has 1 aliphatic heterocycles. The Morgan fingerprint density at radius 3 is 2.58 bits per heavy atom. The Hall–Kier alpha value is -2.40. The highest BCUT2D eigenvalue weighted by molar-refractivity contribution is 5.85. The van der Waals surface area contributed by atoms with Crippen LogP contribution in [0, 0.1) is 6.92 Å². The molecule has 0 radical (unpaired) electrons. The largest absolute Gasteiger partial charge is 0.361 e. The van der Waals surface area contributed by atoms with E-state index in [9.17, 15) is 0 Å². The fourth-order valence-electron chi connectivity index (χ4n) is 3.77. The number of nitrogens with zero attached hydrogens (tertiary/aromatic N) is 4. The van der Waals surface area contributed by atoms with Crippen LogP contribution in [0.15, 0.2) is 36.8 Å². The minimum atomic E-state index is 0.868. The molecule has 3 aromatic rings. The van der Waals surface area contributed by atoms with Gasteiger partial charge in [0.2, 0.25) is 5.95 Å². The van der Waals surface area contributed by atoms with Crippen LogP contribution < -0.4 is 4.90 Å². The van der Waals surface area contributed by atoms with Gasteiger partial charge in [-0.15, -0.1) is 0 Å². The van der Waals surface area contributed by atoms with Gasteiger partial charge in [-0.25, -0.2) is 9.97 Å². The number of nitrogens with one attached hydrogen (secondary N) is 1. The van der Waals surface area contributed by atoms with E-state index in [1.165, 1.54) is 27.6 Å². The maximum absolute atomic E-state index is 4.56. The van der Waals surface area contributed by atoms with Gasteiger partial charge in [0.15, 0.2) is 0 Å². The van der Waals surface area contributed by atoms with Gasteiger partial charge in [-0.1, -0.05) is 31.5 Å². The maximum atomic E-state index is 4.56. The van der Waals surface area contributed by atoms with E-state index in [0.717, 1.165) is 51.5 Å². The van der Waals surface area contributed by atoms with E-state index < -0.39 is 0 Å². The third kappa shape index (κ3) is 3.44. The molecular formula is C21H27N5. The number of fused-ring (bicyclic) bond motifs is 1. The molecule has 136 valence electrons. The van der Waals surface area contributed by atoms with E-state index >= 15 is 0 Å². The first-order valence-corrected chi connectivity index (χ1v) is 9.58. The minimum absolute atomic E-state index is 0.868. The third-order valence-corrected chi connectivity index (χ3v) is 5.29. The number of piperazine rings is 1. The quantitative estimate of drug-likeness (QED) is 0.765. The summed E-state index contributed by atoms with van der Waals surface area (Å²) in [7, 11) is 0. The Balaban J connectivity index is 1.38. The smallest absolute Gasteiger partial charge is 0.225 e. The Kier molecular flexibility index (Phi) is 4.89. The summed E-state index contributed by atoms with van der Waals surface area (Å²) in [5.74, 6) is 0.868. The van der Waals surface area contributed by atoms with Gasteiger partial charge >= 0.3 is 0 Å².